The van der Waals surface area contributed by atoms with Crippen LogP contribution >= 0.6 is 0 Å². The highest BCUT2D eigenvalue weighted by molar-refractivity contribution is 5.97. The number of primary amides is 1. The number of ether oxygens (including phenoxy) is 1. The average Bonchev–Trinajstić information content (AvgIpc) is 2.15. The van der Waals surface area contributed by atoms with Crippen molar-refractivity contribution in [1.82, 2.24) is 0 Å². The van der Waals surface area contributed by atoms with Gasteiger partial charge in [-0.1, -0.05) is 6.07 Å². The third kappa shape index (κ3) is 2.20. The molecule has 0 aliphatic heterocycles. The zero-order valence-electron chi connectivity index (χ0n) is 7.76. The standard InChI is InChI=1S/C9H8F3NO2/c1-15-6-4-2-3-5(9(10,11)12)7(6)8(13)14/h2-4H,1H3,(H2,13,14). The van der Waals surface area contributed by atoms with Gasteiger partial charge in [-0.15, -0.1) is 0 Å². The van der Waals surface area contributed by atoms with Crippen LogP contribution < -0.4 is 10.5 Å². The number of alkyl halides is 3. The second-order valence-corrected chi connectivity index (χ2v) is 2.74. The molecule has 1 rings (SSSR count). The minimum absolute atomic E-state index is 0.183. The van der Waals surface area contributed by atoms with Gasteiger partial charge in [-0.2, -0.15) is 13.2 Å². The van der Waals surface area contributed by atoms with E-state index in [1.54, 1.807) is 0 Å². The molecule has 1 aromatic rings. The Kier molecular flexibility index (Phi) is 2.88. The predicted molar refractivity (Wildman–Crippen MR) is 46.5 cm³/mol. The van der Waals surface area contributed by atoms with E-state index in [0.29, 0.717) is 0 Å². The van der Waals surface area contributed by atoms with E-state index in [1.165, 1.54) is 13.2 Å². The number of nitrogens with two attached hydrogens (primary N) is 1. The molecule has 2 N–H and O–H groups in total. The summed E-state index contributed by atoms with van der Waals surface area (Å²) in [7, 11) is 1.17. The first kappa shape index (κ1) is 11.4. The summed E-state index contributed by atoms with van der Waals surface area (Å²) < 4.78 is 42.0. The van der Waals surface area contributed by atoms with Crippen LogP contribution in [0.25, 0.3) is 0 Å². The molecule has 82 valence electrons. The van der Waals surface area contributed by atoms with E-state index in [9.17, 15) is 18.0 Å². The highest BCUT2D eigenvalue weighted by Crippen LogP contribution is 2.35. The van der Waals surface area contributed by atoms with Crippen molar-refractivity contribution in [2.45, 2.75) is 6.18 Å². The van der Waals surface area contributed by atoms with Crippen molar-refractivity contribution < 1.29 is 22.7 Å². The van der Waals surface area contributed by atoms with Crippen LogP contribution in [0.1, 0.15) is 15.9 Å². The molecule has 0 bridgehead atoms. The SMILES string of the molecule is COc1cccc(C(F)(F)F)c1C(N)=O. The quantitative estimate of drug-likeness (QED) is 0.824. The number of benzene rings is 1. The Bertz CT molecular complexity index is 387. The molecule has 3 nitrogen and oxygen atoms in total. The van der Waals surface area contributed by atoms with Crippen molar-refractivity contribution in [2.75, 3.05) is 7.11 Å². The monoisotopic (exact) mass is 219 g/mol. The fourth-order valence-corrected chi connectivity index (χ4v) is 1.19. The third-order valence-electron chi connectivity index (χ3n) is 1.80. The Hall–Kier alpha value is -1.72. The predicted octanol–water partition coefficient (Wildman–Crippen LogP) is 1.81. The summed E-state index contributed by atoms with van der Waals surface area (Å²) in [6.07, 6.45) is -4.63. The molecule has 0 heterocycles. The minimum Gasteiger partial charge on any atom is -0.496 e. The molecule has 15 heavy (non-hydrogen) atoms. The van der Waals surface area contributed by atoms with E-state index in [1.807, 2.05) is 0 Å². The van der Waals surface area contributed by atoms with Crippen LogP contribution in [0.15, 0.2) is 18.2 Å². The first-order chi connectivity index (χ1) is 6.88. The maximum atomic E-state index is 12.5. The van der Waals surface area contributed by atoms with Crippen molar-refractivity contribution in [3.63, 3.8) is 0 Å². The third-order valence-corrected chi connectivity index (χ3v) is 1.80. The van der Waals surface area contributed by atoms with E-state index in [4.69, 9.17) is 5.73 Å². The van der Waals surface area contributed by atoms with Crippen LogP contribution in [0.4, 0.5) is 13.2 Å². The Morgan fingerprint density at radius 3 is 2.40 bits per heavy atom. The Morgan fingerprint density at radius 1 is 1.40 bits per heavy atom. The summed E-state index contributed by atoms with van der Waals surface area (Å²) in [5.74, 6) is -1.35. The molecular weight excluding hydrogens is 211 g/mol. The summed E-state index contributed by atoms with van der Waals surface area (Å²) in [6.45, 7) is 0. The van der Waals surface area contributed by atoms with E-state index in [2.05, 4.69) is 4.74 Å². The van der Waals surface area contributed by atoms with E-state index in [-0.39, 0.29) is 5.75 Å². The van der Waals surface area contributed by atoms with E-state index < -0.39 is 23.2 Å². The van der Waals surface area contributed by atoms with Gasteiger partial charge in [0.2, 0.25) is 0 Å². The molecule has 0 fully saturated rings. The van der Waals surface area contributed by atoms with Gasteiger partial charge in [0.15, 0.2) is 0 Å². The number of methoxy groups -OCH3 is 1. The molecule has 0 saturated carbocycles. The highest BCUT2D eigenvalue weighted by atomic mass is 19.4. The molecule has 1 amide bonds. The van der Waals surface area contributed by atoms with Crippen molar-refractivity contribution in [2.24, 2.45) is 5.73 Å². The van der Waals surface area contributed by atoms with Gasteiger partial charge in [0.05, 0.1) is 18.2 Å². The lowest BCUT2D eigenvalue weighted by molar-refractivity contribution is -0.138. The minimum atomic E-state index is -4.63. The highest BCUT2D eigenvalue weighted by Gasteiger charge is 2.36. The van der Waals surface area contributed by atoms with Gasteiger partial charge in [-0.25, -0.2) is 0 Å². The first-order valence-electron chi connectivity index (χ1n) is 3.92. The van der Waals surface area contributed by atoms with Crippen LogP contribution in [0.3, 0.4) is 0 Å². The molecule has 0 atom stereocenters. The first-order valence-corrected chi connectivity index (χ1v) is 3.92. The number of carbonyl (C=O) groups is 1. The van der Waals surface area contributed by atoms with Gasteiger partial charge in [-0.05, 0) is 12.1 Å². The maximum Gasteiger partial charge on any atom is 0.417 e. The molecule has 0 spiro atoms. The number of amides is 1. The summed E-state index contributed by atoms with van der Waals surface area (Å²) in [5, 5.41) is 0. The molecule has 1 aromatic carbocycles. The van der Waals surface area contributed by atoms with Crippen LogP contribution in [0, 0.1) is 0 Å². The van der Waals surface area contributed by atoms with Gasteiger partial charge in [-0.3, -0.25) is 4.79 Å². The normalized spacial score (nSPS) is 11.2. The lowest BCUT2D eigenvalue weighted by Crippen LogP contribution is -2.19. The molecule has 0 aromatic heterocycles. The lowest BCUT2D eigenvalue weighted by Gasteiger charge is -2.13. The largest absolute Gasteiger partial charge is 0.496 e. The number of hydrogen-bond acceptors (Lipinski definition) is 2. The molecule has 0 unspecified atom stereocenters. The smallest absolute Gasteiger partial charge is 0.417 e. The molecule has 0 radical (unpaired) electrons. The van der Waals surface area contributed by atoms with Gasteiger partial charge >= 0.3 is 6.18 Å². The zero-order valence-corrected chi connectivity index (χ0v) is 7.76. The summed E-state index contributed by atoms with van der Waals surface area (Å²) in [5.41, 5.74) is 3.13. The topological polar surface area (TPSA) is 52.3 Å². The van der Waals surface area contributed by atoms with Gasteiger partial charge in [0.25, 0.3) is 5.91 Å². The van der Waals surface area contributed by atoms with Crippen LogP contribution in [0.5, 0.6) is 5.75 Å². The summed E-state index contributed by atoms with van der Waals surface area (Å²) >= 11 is 0. The number of rotatable bonds is 2. The van der Waals surface area contributed by atoms with Crippen molar-refractivity contribution in [3.8, 4) is 5.75 Å². The van der Waals surface area contributed by atoms with E-state index in [0.717, 1.165) is 12.1 Å². The van der Waals surface area contributed by atoms with Crippen molar-refractivity contribution >= 4 is 5.91 Å². The Balaban J connectivity index is 3.46. The molecule has 0 saturated heterocycles. The number of hydrogen-bond donors (Lipinski definition) is 1. The maximum absolute atomic E-state index is 12.5. The molecule has 0 aliphatic rings. The molecule has 0 aliphatic carbocycles. The van der Waals surface area contributed by atoms with E-state index >= 15 is 0 Å². The van der Waals surface area contributed by atoms with Crippen LogP contribution in [-0.4, -0.2) is 13.0 Å². The average molecular weight is 219 g/mol. The van der Waals surface area contributed by atoms with Crippen molar-refractivity contribution in [3.05, 3.63) is 29.3 Å². The summed E-state index contributed by atoms with van der Waals surface area (Å²) in [4.78, 5) is 10.9. The Labute approximate surface area is 83.6 Å². The molecular formula is C9H8F3NO2. The fourth-order valence-electron chi connectivity index (χ4n) is 1.19. The second-order valence-electron chi connectivity index (χ2n) is 2.74. The summed E-state index contributed by atoms with van der Waals surface area (Å²) in [6, 6.07) is 3.17. The zero-order chi connectivity index (χ0) is 11.6. The molecule has 6 heteroatoms. The number of carbonyl (C=O) groups excluding carboxylic acids is 1. The van der Waals surface area contributed by atoms with Crippen molar-refractivity contribution in [1.29, 1.82) is 0 Å². The Morgan fingerprint density at radius 2 is 2.00 bits per heavy atom. The van der Waals surface area contributed by atoms with Crippen LogP contribution in [0.2, 0.25) is 0 Å². The fraction of sp³-hybridized carbons (Fsp3) is 0.222. The van der Waals surface area contributed by atoms with Gasteiger partial charge < -0.3 is 10.5 Å². The van der Waals surface area contributed by atoms with Gasteiger partial charge in [0, 0.05) is 0 Å². The van der Waals surface area contributed by atoms with Gasteiger partial charge in [0.1, 0.15) is 5.75 Å². The lowest BCUT2D eigenvalue weighted by atomic mass is 10.1. The second kappa shape index (κ2) is 3.80. The van der Waals surface area contributed by atoms with Crippen LogP contribution in [-0.2, 0) is 6.18 Å². The number of halogens is 3.